The molecule has 0 amide bonds. The van der Waals surface area contributed by atoms with E-state index in [1.807, 2.05) is 0 Å². The van der Waals surface area contributed by atoms with Crippen LogP contribution in [0.5, 0.6) is 0 Å². The van der Waals surface area contributed by atoms with Gasteiger partial charge in [0.1, 0.15) is 0 Å². The number of rotatable bonds is 9. The van der Waals surface area contributed by atoms with Crippen molar-refractivity contribution in [3.63, 3.8) is 0 Å². The molecule has 26 heavy (non-hydrogen) atoms. The largest absolute Gasteiger partial charge is 0.396 e. The molecule has 0 aliphatic heterocycles. The maximum atomic E-state index is 10.3. The lowest BCUT2D eigenvalue weighted by molar-refractivity contribution is 0.0941. The van der Waals surface area contributed by atoms with Crippen LogP contribution < -0.4 is 0 Å². The minimum atomic E-state index is -0.191. The number of aliphatic hydroxyl groups excluding tert-OH is 3. The lowest BCUT2D eigenvalue weighted by Gasteiger charge is -2.30. The van der Waals surface area contributed by atoms with E-state index in [2.05, 4.69) is 31.2 Å². The normalized spacial score (nSPS) is 34.5. The molecule has 2 fully saturated rings. The highest BCUT2D eigenvalue weighted by Gasteiger charge is 2.25. The standard InChI is InChI=1S/C23H40O3/c1-2-4-18(5-3-14-24)6-8-20-15-21(17-23(26)16-20)9-7-19-10-12-22(25)13-11-19/h6-9,18-26H,2-5,10-17H2,1H3/b8-6+,9-7+. The van der Waals surface area contributed by atoms with Crippen molar-refractivity contribution in [2.75, 3.05) is 6.61 Å². The van der Waals surface area contributed by atoms with E-state index in [-0.39, 0.29) is 18.8 Å². The molecule has 0 saturated heterocycles. The van der Waals surface area contributed by atoms with Crippen molar-refractivity contribution >= 4 is 0 Å². The smallest absolute Gasteiger partial charge is 0.0551 e. The van der Waals surface area contributed by atoms with Gasteiger partial charge in [-0.2, -0.15) is 0 Å². The Kier molecular flexibility index (Phi) is 9.95. The summed E-state index contributed by atoms with van der Waals surface area (Å²) < 4.78 is 0. The maximum absolute atomic E-state index is 10.3. The molecule has 3 N–H and O–H groups in total. The third-order valence-corrected chi connectivity index (χ3v) is 6.20. The van der Waals surface area contributed by atoms with Gasteiger partial charge in [-0.3, -0.25) is 0 Å². The third-order valence-electron chi connectivity index (χ3n) is 6.20. The molecular formula is C23H40O3. The second kappa shape index (κ2) is 11.9. The van der Waals surface area contributed by atoms with Gasteiger partial charge in [0.25, 0.3) is 0 Å². The fourth-order valence-electron chi connectivity index (χ4n) is 4.67. The molecule has 4 atom stereocenters. The summed E-state index contributed by atoms with van der Waals surface area (Å²) in [5, 5.41) is 29.0. The Balaban J connectivity index is 1.84. The zero-order valence-electron chi connectivity index (χ0n) is 16.6. The molecule has 150 valence electrons. The summed E-state index contributed by atoms with van der Waals surface area (Å²) in [4.78, 5) is 0. The lowest BCUT2D eigenvalue weighted by Crippen LogP contribution is -2.25. The molecule has 3 heteroatoms. The van der Waals surface area contributed by atoms with Gasteiger partial charge in [-0.15, -0.1) is 0 Å². The van der Waals surface area contributed by atoms with Crippen LogP contribution in [0.3, 0.4) is 0 Å². The summed E-state index contributed by atoms with van der Waals surface area (Å²) in [6, 6.07) is 0. The number of hydrogen-bond acceptors (Lipinski definition) is 3. The predicted molar refractivity (Wildman–Crippen MR) is 108 cm³/mol. The Hall–Kier alpha value is -0.640. The summed E-state index contributed by atoms with van der Waals surface area (Å²) >= 11 is 0. The molecule has 2 saturated carbocycles. The van der Waals surface area contributed by atoms with Gasteiger partial charge in [0, 0.05) is 6.61 Å². The average molecular weight is 365 g/mol. The van der Waals surface area contributed by atoms with Crippen molar-refractivity contribution in [1.82, 2.24) is 0 Å². The molecule has 0 radical (unpaired) electrons. The van der Waals surface area contributed by atoms with Crippen molar-refractivity contribution in [2.24, 2.45) is 23.7 Å². The van der Waals surface area contributed by atoms with E-state index in [1.54, 1.807) is 0 Å². The quantitative estimate of drug-likeness (QED) is 0.523. The number of hydrogen-bond donors (Lipinski definition) is 3. The van der Waals surface area contributed by atoms with E-state index >= 15 is 0 Å². The highest BCUT2D eigenvalue weighted by atomic mass is 16.3. The van der Waals surface area contributed by atoms with Crippen molar-refractivity contribution in [3.05, 3.63) is 24.3 Å². The molecule has 0 aromatic carbocycles. The van der Waals surface area contributed by atoms with Crippen LogP contribution in [0.2, 0.25) is 0 Å². The van der Waals surface area contributed by atoms with Crippen LogP contribution in [0, 0.1) is 23.7 Å². The topological polar surface area (TPSA) is 60.7 Å². The molecule has 0 bridgehead atoms. The van der Waals surface area contributed by atoms with Crippen molar-refractivity contribution in [3.8, 4) is 0 Å². The Morgan fingerprint density at radius 3 is 2.12 bits per heavy atom. The van der Waals surface area contributed by atoms with Gasteiger partial charge in [0.2, 0.25) is 0 Å². The SMILES string of the molecule is CCCC(/C=C/C1CC(O)CC(/C=C/C2CCC(O)CC2)C1)CCCO. The molecule has 0 aromatic heterocycles. The van der Waals surface area contributed by atoms with E-state index in [9.17, 15) is 10.2 Å². The summed E-state index contributed by atoms with van der Waals surface area (Å²) in [6.07, 6.45) is 20.4. The van der Waals surface area contributed by atoms with Crippen LogP contribution >= 0.6 is 0 Å². The van der Waals surface area contributed by atoms with Crippen LogP contribution in [-0.4, -0.2) is 34.1 Å². The Morgan fingerprint density at radius 1 is 0.808 bits per heavy atom. The van der Waals surface area contributed by atoms with Crippen molar-refractivity contribution in [1.29, 1.82) is 0 Å². The third kappa shape index (κ3) is 7.94. The Morgan fingerprint density at radius 2 is 1.46 bits per heavy atom. The van der Waals surface area contributed by atoms with Gasteiger partial charge >= 0.3 is 0 Å². The fraction of sp³-hybridized carbons (Fsp3) is 0.826. The zero-order valence-corrected chi connectivity index (χ0v) is 16.6. The van der Waals surface area contributed by atoms with Gasteiger partial charge < -0.3 is 15.3 Å². The molecule has 0 heterocycles. The van der Waals surface area contributed by atoms with Crippen LogP contribution in [0.25, 0.3) is 0 Å². The number of allylic oxidation sites excluding steroid dienone is 4. The minimum absolute atomic E-state index is 0.0902. The molecular weight excluding hydrogens is 324 g/mol. The summed E-state index contributed by atoms with van der Waals surface area (Å²) in [6.45, 7) is 2.50. The lowest BCUT2D eigenvalue weighted by atomic mass is 9.78. The molecule has 4 unspecified atom stereocenters. The highest BCUT2D eigenvalue weighted by molar-refractivity contribution is 5.02. The zero-order chi connectivity index (χ0) is 18.8. The van der Waals surface area contributed by atoms with Crippen LogP contribution in [0.1, 0.15) is 77.6 Å². The van der Waals surface area contributed by atoms with Gasteiger partial charge in [-0.25, -0.2) is 0 Å². The van der Waals surface area contributed by atoms with Crippen molar-refractivity contribution in [2.45, 2.75) is 89.8 Å². The Labute approximate surface area is 160 Å². The second-order valence-corrected chi connectivity index (χ2v) is 8.63. The molecule has 2 rings (SSSR count). The first-order chi connectivity index (χ1) is 12.6. The Bertz CT molecular complexity index is 423. The van der Waals surface area contributed by atoms with E-state index in [1.165, 1.54) is 12.8 Å². The molecule has 3 nitrogen and oxygen atoms in total. The van der Waals surface area contributed by atoms with E-state index < -0.39 is 0 Å². The van der Waals surface area contributed by atoms with E-state index in [0.29, 0.717) is 23.7 Å². The van der Waals surface area contributed by atoms with Gasteiger partial charge in [0.15, 0.2) is 0 Å². The molecule has 2 aliphatic carbocycles. The van der Waals surface area contributed by atoms with Crippen LogP contribution in [-0.2, 0) is 0 Å². The van der Waals surface area contributed by atoms with E-state index in [4.69, 9.17) is 5.11 Å². The first-order valence-electron chi connectivity index (χ1n) is 10.9. The van der Waals surface area contributed by atoms with Crippen molar-refractivity contribution < 1.29 is 15.3 Å². The maximum Gasteiger partial charge on any atom is 0.0551 e. The van der Waals surface area contributed by atoms with Gasteiger partial charge in [0.05, 0.1) is 12.2 Å². The predicted octanol–water partition coefficient (Wildman–Crippen LogP) is 4.62. The molecule has 0 spiro atoms. The minimum Gasteiger partial charge on any atom is -0.396 e. The second-order valence-electron chi connectivity index (χ2n) is 8.63. The van der Waals surface area contributed by atoms with Crippen LogP contribution in [0.4, 0.5) is 0 Å². The summed E-state index contributed by atoms with van der Waals surface area (Å²) in [7, 11) is 0. The highest BCUT2D eigenvalue weighted by Crippen LogP contribution is 2.33. The average Bonchev–Trinajstić information content (AvgIpc) is 2.63. The first kappa shape index (κ1) is 21.7. The van der Waals surface area contributed by atoms with Crippen LogP contribution in [0.15, 0.2) is 24.3 Å². The van der Waals surface area contributed by atoms with Gasteiger partial charge in [-0.05, 0) is 87.9 Å². The molecule has 0 aromatic rings. The van der Waals surface area contributed by atoms with E-state index in [0.717, 1.165) is 57.8 Å². The monoisotopic (exact) mass is 364 g/mol. The molecule has 2 aliphatic rings. The van der Waals surface area contributed by atoms with Gasteiger partial charge in [-0.1, -0.05) is 37.6 Å². The fourth-order valence-corrected chi connectivity index (χ4v) is 4.67. The summed E-state index contributed by atoms with van der Waals surface area (Å²) in [5.74, 6) is 2.12. The number of aliphatic hydroxyl groups is 3. The summed E-state index contributed by atoms with van der Waals surface area (Å²) in [5.41, 5.74) is 0. The first-order valence-corrected chi connectivity index (χ1v) is 10.9.